The normalized spacial score (nSPS) is 21.7. The molecule has 0 aromatic heterocycles. The van der Waals surface area contributed by atoms with Crippen LogP contribution in [0.4, 0.5) is 0 Å². The van der Waals surface area contributed by atoms with Gasteiger partial charge in [0, 0.05) is 32.2 Å². The van der Waals surface area contributed by atoms with Crippen molar-refractivity contribution in [1.82, 2.24) is 15.5 Å². The molecule has 0 radical (unpaired) electrons. The Labute approximate surface area is 136 Å². The molecule has 6 nitrogen and oxygen atoms in total. The molecule has 1 heterocycles. The fraction of sp³-hybridized carbons (Fsp3) is 0.529. The van der Waals surface area contributed by atoms with Crippen LogP contribution in [0.25, 0.3) is 0 Å². The third-order valence-electron chi connectivity index (χ3n) is 4.15. The molecule has 2 amide bonds. The van der Waals surface area contributed by atoms with Crippen molar-refractivity contribution in [3.8, 4) is 0 Å². The zero-order valence-corrected chi connectivity index (χ0v) is 13.2. The van der Waals surface area contributed by atoms with Crippen LogP contribution in [0.5, 0.6) is 0 Å². The molecule has 2 N–H and O–H groups in total. The van der Waals surface area contributed by atoms with Gasteiger partial charge in [0.1, 0.15) is 0 Å². The van der Waals surface area contributed by atoms with Gasteiger partial charge in [-0.2, -0.15) is 0 Å². The average Bonchev–Trinajstić information content (AvgIpc) is 3.40. The lowest BCUT2D eigenvalue weighted by Crippen LogP contribution is -2.46. The van der Waals surface area contributed by atoms with Crippen molar-refractivity contribution in [3.63, 3.8) is 0 Å². The maximum absolute atomic E-state index is 11.7. The smallest absolute Gasteiger partial charge is 0.309 e. The number of carbonyl (C=O) groups excluding carboxylic acids is 2. The Morgan fingerprint density at radius 1 is 1.17 bits per heavy atom. The minimum atomic E-state index is -0.537. The van der Waals surface area contributed by atoms with Crippen molar-refractivity contribution >= 4 is 11.8 Å². The predicted octanol–water partition coefficient (Wildman–Crippen LogP) is 0.455. The lowest BCUT2D eigenvalue weighted by atomic mass is 10.1. The number of nitrogens with zero attached hydrogens (tertiary/aromatic N) is 1. The summed E-state index contributed by atoms with van der Waals surface area (Å²) in [6.45, 7) is 3.50. The Balaban J connectivity index is 1.39. The summed E-state index contributed by atoms with van der Waals surface area (Å²) in [5.74, 6) is -1.05. The number of morpholine rings is 1. The van der Waals surface area contributed by atoms with Gasteiger partial charge in [-0.3, -0.25) is 14.5 Å². The third-order valence-corrected chi connectivity index (χ3v) is 4.15. The van der Waals surface area contributed by atoms with Crippen LogP contribution in [-0.4, -0.2) is 55.5 Å². The van der Waals surface area contributed by atoms with Crippen molar-refractivity contribution in [2.24, 2.45) is 0 Å². The molecule has 1 aliphatic heterocycles. The molecule has 1 aliphatic carbocycles. The summed E-state index contributed by atoms with van der Waals surface area (Å²) in [7, 11) is 0. The van der Waals surface area contributed by atoms with Gasteiger partial charge in [-0.15, -0.1) is 0 Å². The fourth-order valence-corrected chi connectivity index (χ4v) is 2.66. The molecule has 1 aromatic rings. The minimum absolute atomic E-state index is 0.0683. The molecular weight excluding hydrogens is 294 g/mol. The number of hydrogen-bond donors (Lipinski definition) is 2. The van der Waals surface area contributed by atoms with Gasteiger partial charge in [0.25, 0.3) is 0 Å². The topological polar surface area (TPSA) is 70.7 Å². The first-order valence-corrected chi connectivity index (χ1v) is 8.20. The molecule has 2 aliphatic rings. The van der Waals surface area contributed by atoms with Crippen LogP contribution in [0.1, 0.15) is 24.5 Å². The van der Waals surface area contributed by atoms with Gasteiger partial charge >= 0.3 is 11.8 Å². The van der Waals surface area contributed by atoms with Gasteiger partial charge in [-0.25, -0.2) is 0 Å². The number of amides is 2. The second-order valence-corrected chi connectivity index (χ2v) is 6.07. The molecule has 124 valence electrons. The summed E-state index contributed by atoms with van der Waals surface area (Å²) >= 11 is 0. The van der Waals surface area contributed by atoms with Crippen LogP contribution in [0.15, 0.2) is 30.3 Å². The first kappa shape index (κ1) is 16.0. The van der Waals surface area contributed by atoms with E-state index in [-0.39, 0.29) is 12.1 Å². The summed E-state index contributed by atoms with van der Waals surface area (Å²) in [6.07, 6.45) is 2.03. The molecule has 0 spiro atoms. The molecule has 1 saturated carbocycles. The quantitative estimate of drug-likeness (QED) is 0.774. The molecule has 3 rings (SSSR count). The van der Waals surface area contributed by atoms with Gasteiger partial charge in [0.15, 0.2) is 0 Å². The van der Waals surface area contributed by atoms with Gasteiger partial charge in [-0.05, 0) is 18.4 Å². The number of ether oxygens (including phenoxy) is 1. The van der Waals surface area contributed by atoms with Crippen molar-refractivity contribution in [1.29, 1.82) is 0 Å². The average molecular weight is 317 g/mol. The highest BCUT2D eigenvalue weighted by molar-refractivity contribution is 6.35. The van der Waals surface area contributed by atoms with Gasteiger partial charge in [0.05, 0.1) is 12.7 Å². The summed E-state index contributed by atoms with van der Waals surface area (Å²) in [5, 5.41) is 5.37. The van der Waals surface area contributed by atoms with Crippen LogP contribution in [-0.2, 0) is 14.3 Å². The highest BCUT2D eigenvalue weighted by Gasteiger charge is 2.26. The zero-order chi connectivity index (χ0) is 16.1. The number of hydrogen-bond acceptors (Lipinski definition) is 4. The van der Waals surface area contributed by atoms with Crippen molar-refractivity contribution < 1.29 is 14.3 Å². The molecular formula is C17H23N3O3. The number of rotatable bonds is 5. The molecule has 0 bridgehead atoms. The highest BCUT2D eigenvalue weighted by Crippen LogP contribution is 2.21. The van der Waals surface area contributed by atoms with E-state index >= 15 is 0 Å². The van der Waals surface area contributed by atoms with E-state index in [2.05, 4.69) is 27.7 Å². The van der Waals surface area contributed by atoms with Crippen LogP contribution in [0.2, 0.25) is 0 Å². The molecule has 1 unspecified atom stereocenters. The fourth-order valence-electron chi connectivity index (χ4n) is 2.66. The lowest BCUT2D eigenvalue weighted by molar-refractivity contribution is -0.139. The number of nitrogens with one attached hydrogen (secondary N) is 2. The number of carbonyl (C=O) groups is 2. The third kappa shape index (κ3) is 4.77. The molecule has 23 heavy (non-hydrogen) atoms. The van der Waals surface area contributed by atoms with E-state index < -0.39 is 11.8 Å². The number of benzene rings is 1. The van der Waals surface area contributed by atoms with Crippen LogP contribution in [0, 0.1) is 0 Å². The Bertz CT molecular complexity index is 545. The summed E-state index contributed by atoms with van der Waals surface area (Å²) < 4.78 is 5.82. The summed E-state index contributed by atoms with van der Waals surface area (Å²) in [5.41, 5.74) is 1.17. The van der Waals surface area contributed by atoms with Crippen LogP contribution in [0.3, 0.4) is 0 Å². The molecule has 1 aromatic carbocycles. The van der Waals surface area contributed by atoms with E-state index in [0.717, 1.165) is 32.5 Å². The first-order valence-electron chi connectivity index (χ1n) is 8.20. The van der Waals surface area contributed by atoms with Gasteiger partial charge in [-0.1, -0.05) is 30.3 Å². The molecule has 1 saturated heterocycles. The second-order valence-electron chi connectivity index (χ2n) is 6.07. The van der Waals surface area contributed by atoms with Gasteiger partial charge in [0.2, 0.25) is 0 Å². The maximum Gasteiger partial charge on any atom is 0.309 e. The summed E-state index contributed by atoms with van der Waals surface area (Å²) in [4.78, 5) is 25.5. The largest absolute Gasteiger partial charge is 0.371 e. The van der Waals surface area contributed by atoms with E-state index in [1.54, 1.807) is 0 Å². The molecule has 1 atom stereocenters. The van der Waals surface area contributed by atoms with Crippen LogP contribution >= 0.6 is 0 Å². The Morgan fingerprint density at radius 2 is 1.96 bits per heavy atom. The van der Waals surface area contributed by atoms with E-state index in [1.807, 2.05) is 18.2 Å². The molecule has 6 heteroatoms. The maximum atomic E-state index is 11.7. The van der Waals surface area contributed by atoms with Gasteiger partial charge < -0.3 is 15.4 Å². The van der Waals surface area contributed by atoms with E-state index in [1.165, 1.54) is 5.56 Å². The van der Waals surface area contributed by atoms with E-state index in [4.69, 9.17) is 4.74 Å². The van der Waals surface area contributed by atoms with Crippen molar-refractivity contribution in [2.45, 2.75) is 25.0 Å². The lowest BCUT2D eigenvalue weighted by Gasteiger charge is -2.33. The predicted molar refractivity (Wildman–Crippen MR) is 85.7 cm³/mol. The Hall–Kier alpha value is -1.92. The van der Waals surface area contributed by atoms with E-state index in [9.17, 15) is 9.59 Å². The standard InChI is InChI=1S/C17H23N3O3/c21-16(17(22)19-14-6-7-14)18-8-9-20-10-11-23-15(12-20)13-4-2-1-3-5-13/h1-5,14-15H,6-12H2,(H,18,21)(H,19,22). The van der Waals surface area contributed by atoms with Crippen molar-refractivity contribution in [3.05, 3.63) is 35.9 Å². The van der Waals surface area contributed by atoms with Crippen LogP contribution < -0.4 is 10.6 Å². The monoisotopic (exact) mass is 317 g/mol. The summed E-state index contributed by atoms with van der Waals surface area (Å²) in [6, 6.07) is 10.4. The highest BCUT2D eigenvalue weighted by atomic mass is 16.5. The second kappa shape index (κ2) is 7.57. The minimum Gasteiger partial charge on any atom is -0.371 e. The zero-order valence-electron chi connectivity index (χ0n) is 13.2. The Kier molecular flexibility index (Phi) is 5.25. The van der Waals surface area contributed by atoms with E-state index in [0.29, 0.717) is 13.2 Å². The Morgan fingerprint density at radius 3 is 2.70 bits per heavy atom. The molecule has 2 fully saturated rings. The van der Waals surface area contributed by atoms with Crippen molar-refractivity contribution in [2.75, 3.05) is 32.8 Å². The first-order chi connectivity index (χ1) is 11.2. The SMILES string of the molecule is O=C(NCCN1CCOC(c2ccccc2)C1)C(=O)NC1CC1.